The predicted octanol–water partition coefficient (Wildman–Crippen LogP) is 5.57. The Balaban J connectivity index is 1.74. The first-order chi connectivity index (χ1) is 11.7. The highest BCUT2D eigenvalue weighted by Gasteiger charge is 2.10. The van der Waals surface area contributed by atoms with Crippen molar-refractivity contribution in [1.82, 2.24) is 0 Å². The fourth-order valence-electron chi connectivity index (χ4n) is 2.95. The lowest BCUT2D eigenvalue weighted by atomic mass is 9.96. The number of hydrogen-bond acceptors (Lipinski definition) is 3. The lowest BCUT2D eigenvalue weighted by Gasteiger charge is -2.09. The van der Waals surface area contributed by atoms with Crippen molar-refractivity contribution in [3.63, 3.8) is 0 Å². The van der Waals surface area contributed by atoms with Crippen molar-refractivity contribution >= 4 is 33.5 Å². The minimum Gasteiger partial charge on any atom is -0.397 e. The summed E-state index contributed by atoms with van der Waals surface area (Å²) in [6.07, 6.45) is 0. The third-order valence-corrected chi connectivity index (χ3v) is 5.14. The summed E-state index contributed by atoms with van der Waals surface area (Å²) in [5.41, 5.74) is 10.3. The molecule has 1 heterocycles. The van der Waals surface area contributed by atoms with Crippen LogP contribution in [0, 0.1) is 5.41 Å². The summed E-state index contributed by atoms with van der Waals surface area (Å²) < 4.78 is 0. The number of nitrogens with one attached hydrogen (secondary N) is 1. The molecule has 0 unspecified atom stereocenters. The maximum Gasteiger partial charge on any atom is 0.0805 e. The molecule has 0 spiro atoms. The lowest BCUT2D eigenvalue weighted by Crippen LogP contribution is -2.01. The molecule has 3 heteroatoms. The van der Waals surface area contributed by atoms with Crippen molar-refractivity contribution in [3.8, 4) is 11.1 Å². The molecule has 4 rings (SSSR count). The molecule has 4 aromatic rings. The number of rotatable bonds is 3. The molecule has 0 radical (unpaired) electrons. The number of hydrogen-bond donors (Lipinski definition) is 2. The molecule has 116 valence electrons. The Morgan fingerprint density at radius 1 is 0.833 bits per heavy atom. The van der Waals surface area contributed by atoms with Gasteiger partial charge in [-0.2, -0.15) is 0 Å². The number of thiophene rings is 1. The van der Waals surface area contributed by atoms with Gasteiger partial charge in [-0.15, -0.1) is 11.3 Å². The van der Waals surface area contributed by atoms with Crippen molar-refractivity contribution in [2.75, 3.05) is 5.73 Å². The molecule has 0 fully saturated rings. The van der Waals surface area contributed by atoms with Crippen LogP contribution in [-0.2, 0) is 0 Å². The third-order valence-electron chi connectivity index (χ3n) is 4.20. The molecule has 0 saturated carbocycles. The summed E-state index contributed by atoms with van der Waals surface area (Å²) in [5, 5.41) is 12.8. The van der Waals surface area contributed by atoms with E-state index >= 15 is 0 Å². The number of fused-ring (bicyclic) bond motifs is 1. The van der Waals surface area contributed by atoms with Crippen LogP contribution in [0.3, 0.4) is 0 Å². The van der Waals surface area contributed by atoms with Gasteiger partial charge >= 0.3 is 0 Å². The van der Waals surface area contributed by atoms with Crippen LogP contribution in [0.1, 0.15) is 10.4 Å². The highest BCUT2D eigenvalue weighted by atomic mass is 32.1. The van der Waals surface area contributed by atoms with E-state index in [0.717, 1.165) is 16.0 Å². The van der Waals surface area contributed by atoms with Crippen molar-refractivity contribution < 1.29 is 0 Å². The highest BCUT2D eigenvalue weighted by Crippen LogP contribution is 2.29. The second kappa shape index (κ2) is 5.95. The quantitative estimate of drug-likeness (QED) is 0.475. The molecule has 24 heavy (non-hydrogen) atoms. The first kappa shape index (κ1) is 14.7. The molecule has 3 aromatic carbocycles. The Bertz CT molecular complexity index is 1020. The van der Waals surface area contributed by atoms with E-state index in [1.54, 1.807) is 0 Å². The summed E-state index contributed by atoms with van der Waals surface area (Å²) in [5.74, 6) is 0. The predicted molar refractivity (Wildman–Crippen MR) is 104 cm³/mol. The van der Waals surface area contributed by atoms with E-state index < -0.39 is 0 Å². The maximum absolute atomic E-state index is 8.36. The molecule has 0 aliphatic heterocycles. The molecule has 0 saturated heterocycles. The highest BCUT2D eigenvalue weighted by molar-refractivity contribution is 7.13. The van der Waals surface area contributed by atoms with E-state index in [2.05, 4.69) is 54.6 Å². The number of nitrogens with two attached hydrogens (primary N) is 1. The molecule has 0 atom stereocenters. The first-order valence-electron chi connectivity index (χ1n) is 7.74. The van der Waals surface area contributed by atoms with Gasteiger partial charge in [0.15, 0.2) is 0 Å². The number of anilines is 1. The Morgan fingerprint density at radius 3 is 2.33 bits per heavy atom. The second-order valence-electron chi connectivity index (χ2n) is 5.68. The van der Waals surface area contributed by atoms with Crippen LogP contribution in [0.15, 0.2) is 78.2 Å². The van der Waals surface area contributed by atoms with E-state index in [9.17, 15) is 0 Å². The van der Waals surface area contributed by atoms with E-state index in [0.29, 0.717) is 11.4 Å². The largest absolute Gasteiger partial charge is 0.397 e. The summed E-state index contributed by atoms with van der Waals surface area (Å²) in [7, 11) is 0. The smallest absolute Gasteiger partial charge is 0.0805 e. The summed E-state index contributed by atoms with van der Waals surface area (Å²) >= 11 is 1.51. The van der Waals surface area contributed by atoms with Gasteiger partial charge in [-0.3, -0.25) is 5.41 Å². The normalized spacial score (nSPS) is 10.8. The number of nitrogen functional groups attached to an aromatic ring is 1. The number of benzene rings is 3. The topological polar surface area (TPSA) is 49.9 Å². The van der Waals surface area contributed by atoms with Crippen LogP contribution in [0.5, 0.6) is 0 Å². The van der Waals surface area contributed by atoms with Gasteiger partial charge in [-0.1, -0.05) is 66.7 Å². The molecule has 0 bridgehead atoms. The van der Waals surface area contributed by atoms with Crippen molar-refractivity contribution in [1.29, 1.82) is 5.41 Å². The summed E-state index contributed by atoms with van der Waals surface area (Å²) in [6.45, 7) is 0. The zero-order valence-corrected chi connectivity index (χ0v) is 13.8. The van der Waals surface area contributed by atoms with E-state index in [-0.39, 0.29) is 0 Å². The van der Waals surface area contributed by atoms with Crippen molar-refractivity contribution in [3.05, 3.63) is 88.6 Å². The van der Waals surface area contributed by atoms with Gasteiger partial charge in [0.1, 0.15) is 0 Å². The SMILES string of the molecule is N=C(c1ccc(-c2cccc3ccccc23)cc1)c1sccc1N. The van der Waals surface area contributed by atoms with Crippen LogP contribution in [-0.4, -0.2) is 5.71 Å². The van der Waals surface area contributed by atoms with Crippen LogP contribution in [0.2, 0.25) is 0 Å². The molecule has 3 N–H and O–H groups in total. The minimum absolute atomic E-state index is 0.479. The molecule has 1 aromatic heterocycles. The lowest BCUT2D eigenvalue weighted by molar-refractivity contribution is 1.48. The van der Waals surface area contributed by atoms with Crippen molar-refractivity contribution in [2.45, 2.75) is 0 Å². The molecule has 0 aliphatic rings. The van der Waals surface area contributed by atoms with Gasteiger partial charge in [-0.25, -0.2) is 0 Å². The van der Waals surface area contributed by atoms with Gasteiger partial charge in [0.2, 0.25) is 0 Å². The fourth-order valence-corrected chi connectivity index (χ4v) is 3.74. The van der Waals surface area contributed by atoms with Gasteiger partial charge < -0.3 is 5.73 Å². The van der Waals surface area contributed by atoms with E-state index in [1.165, 1.54) is 27.7 Å². The van der Waals surface area contributed by atoms with E-state index in [1.807, 2.05) is 23.6 Å². The molecular weight excluding hydrogens is 312 g/mol. The zero-order valence-electron chi connectivity index (χ0n) is 13.0. The monoisotopic (exact) mass is 328 g/mol. The van der Waals surface area contributed by atoms with Gasteiger partial charge in [0.05, 0.1) is 16.3 Å². The van der Waals surface area contributed by atoms with Crippen LogP contribution < -0.4 is 5.73 Å². The first-order valence-corrected chi connectivity index (χ1v) is 8.62. The second-order valence-corrected chi connectivity index (χ2v) is 6.60. The Kier molecular flexibility index (Phi) is 3.63. The van der Waals surface area contributed by atoms with Gasteiger partial charge in [0.25, 0.3) is 0 Å². The molecule has 0 amide bonds. The molecule has 2 nitrogen and oxygen atoms in total. The van der Waals surface area contributed by atoms with Crippen LogP contribution >= 0.6 is 11.3 Å². The minimum atomic E-state index is 0.479. The average molecular weight is 328 g/mol. The average Bonchev–Trinajstić information content (AvgIpc) is 3.07. The van der Waals surface area contributed by atoms with Crippen LogP contribution in [0.4, 0.5) is 5.69 Å². The molecule has 0 aliphatic carbocycles. The Labute approximate surface area is 144 Å². The molecular formula is C21H16N2S. The van der Waals surface area contributed by atoms with Crippen molar-refractivity contribution in [2.24, 2.45) is 0 Å². The Morgan fingerprint density at radius 2 is 1.58 bits per heavy atom. The third kappa shape index (κ3) is 2.49. The van der Waals surface area contributed by atoms with Crippen LogP contribution in [0.25, 0.3) is 21.9 Å². The zero-order chi connectivity index (χ0) is 16.5. The van der Waals surface area contributed by atoms with E-state index in [4.69, 9.17) is 11.1 Å². The van der Waals surface area contributed by atoms with Gasteiger partial charge in [0, 0.05) is 5.56 Å². The maximum atomic E-state index is 8.36. The fraction of sp³-hybridized carbons (Fsp3) is 0. The Hall–Kier alpha value is -2.91. The standard InChI is InChI=1S/C21H16N2S/c22-19-12-13-24-21(19)20(23)16-10-8-15(9-11-16)18-7-3-5-14-4-1-2-6-17(14)18/h1-13,23H,22H2. The van der Waals surface area contributed by atoms with Gasteiger partial charge in [-0.05, 0) is 33.3 Å². The summed E-state index contributed by atoms with van der Waals surface area (Å²) in [4.78, 5) is 0.827. The summed E-state index contributed by atoms with van der Waals surface area (Å²) in [6, 6.07) is 24.7.